The van der Waals surface area contributed by atoms with Crippen LogP contribution in [0.5, 0.6) is 5.75 Å². The average molecular weight is 356 g/mol. The number of ether oxygens (including phenoxy) is 1. The number of hydrogen-bond acceptors (Lipinski definition) is 3. The molecule has 134 valence electrons. The first-order valence-corrected chi connectivity index (χ1v) is 8.10. The highest BCUT2D eigenvalue weighted by Gasteiger charge is 2.14. The van der Waals surface area contributed by atoms with Gasteiger partial charge in [0.05, 0.1) is 19.1 Å². The van der Waals surface area contributed by atoms with Crippen LogP contribution in [-0.4, -0.2) is 19.1 Å². The summed E-state index contributed by atoms with van der Waals surface area (Å²) in [6, 6.07) is 12.3. The lowest BCUT2D eigenvalue weighted by atomic mass is 10.1. The largest absolute Gasteiger partial charge is 0.494 e. The second kappa shape index (κ2) is 9.33. The van der Waals surface area contributed by atoms with E-state index in [1.807, 2.05) is 13.0 Å². The highest BCUT2D eigenvalue weighted by Crippen LogP contribution is 2.21. The first-order chi connectivity index (χ1) is 12.6. The maximum atomic E-state index is 13.7. The number of amides is 1. The van der Waals surface area contributed by atoms with E-state index in [1.54, 1.807) is 24.3 Å². The highest BCUT2D eigenvalue weighted by molar-refractivity contribution is 6.03. The first kappa shape index (κ1) is 19.1. The molecule has 0 aliphatic heterocycles. The first-order valence-electron chi connectivity index (χ1n) is 8.10. The lowest BCUT2D eigenvalue weighted by Crippen LogP contribution is -2.30. The van der Waals surface area contributed by atoms with Crippen molar-refractivity contribution in [2.75, 3.05) is 18.1 Å². The molecule has 0 aliphatic rings. The summed E-state index contributed by atoms with van der Waals surface area (Å²) in [4.78, 5) is 13.9. The third-order valence-electron chi connectivity index (χ3n) is 3.56. The molecule has 0 N–H and O–H groups in total. The SMILES string of the molecule is CCOc1ccc(N(CCC#N)C(=O)/C=C/c2c(F)cccc2F)cc1. The van der Waals surface area contributed by atoms with Crippen LogP contribution < -0.4 is 9.64 Å². The Morgan fingerprint density at radius 3 is 2.42 bits per heavy atom. The molecule has 0 spiro atoms. The summed E-state index contributed by atoms with van der Waals surface area (Å²) in [6.07, 6.45) is 2.32. The molecular formula is C20H18F2N2O2. The fraction of sp³-hybridized carbons (Fsp3) is 0.200. The minimum absolute atomic E-state index is 0.126. The van der Waals surface area contributed by atoms with Crippen molar-refractivity contribution in [2.24, 2.45) is 0 Å². The van der Waals surface area contributed by atoms with Gasteiger partial charge in [0, 0.05) is 23.9 Å². The number of benzene rings is 2. The normalized spacial score (nSPS) is 10.5. The fourth-order valence-corrected chi connectivity index (χ4v) is 2.33. The molecule has 1 amide bonds. The monoisotopic (exact) mass is 356 g/mol. The number of carbonyl (C=O) groups excluding carboxylic acids is 1. The zero-order chi connectivity index (χ0) is 18.9. The molecule has 0 bridgehead atoms. The molecule has 0 aliphatic carbocycles. The molecule has 0 unspecified atom stereocenters. The standard InChI is InChI=1S/C20H18F2N2O2/c1-2-26-16-9-7-15(8-10-16)24(14-4-13-23)20(25)12-11-17-18(21)5-3-6-19(17)22/h3,5-12H,2,4,14H2,1H3/b12-11+. The van der Waals surface area contributed by atoms with Gasteiger partial charge < -0.3 is 9.64 Å². The lowest BCUT2D eigenvalue weighted by Gasteiger charge is -2.20. The van der Waals surface area contributed by atoms with Gasteiger partial charge >= 0.3 is 0 Å². The molecule has 4 nitrogen and oxygen atoms in total. The van der Waals surface area contributed by atoms with Gasteiger partial charge in [-0.1, -0.05) is 6.07 Å². The Kier molecular flexibility index (Phi) is 6.86. The number of hydrogen-bond donors (Lipinski definition) is 0. The smallest absolute Gasteiger partial charge is 0.251 e. The Labute approximate surface area is 150 Å². The van der Waals surface area contributed by atoms with Gasteiger partial charge in [-0.25, -0.2) is 8.78 Å². The van der Waals surface area contributed by atoms with Gasteiger partial charge in [-0.3, -0.25) is 4.79 Å². The van der Waals surface area contributed by atoms with Crippen molar-refractivity contribution in [2.45, 2.75) is 13.3 Å². The molecule has 0 fully saturated rings. The average Bonchev–Trinajstić information content (AvgIpc) is 2.63. The van der Waals surface area contributed by atoms with Gasteiger partial charge in [0.25, 0.3) is 5.91 Å². The van der Waals surface area contributed by atoms with E-state index in [9.17, 15) is 13.6 Å². The predicted molar refractivity (Wildman–Crippen MR) is 95.6 cm³/mol. The van der Waals surface area contributed by atoms with E-state index < -0.39 is 17.5 Å². The van der Waals surface area contributed by atoms with Crippen LogP contribution in [0.4, 0.5) is 14.5 Å². The third kappa shape index (κ3) is 4.90. The fourth-order valence-electron chi connectivity index (χ4n) is 2.33. The number of nitrogens with zero attached hydrogens (tertiary/aromatic N) is 2. The zero-order valence-corrected chi connectivity index (χ0v) is 14.3. The molecule has 2 aromatic carbocycles. The molecule has 0 aromatic heterocycles. The number of halogens is 2. The van der Waals surface area contributed by atoms with Gasteiger partial charge in [-0.05, 0) is 49.4 Å². The topological polar surface area (TPSA) is 53.3 Å². The van der Waals surface area contributed by atoms with Gasteiger partial charge in [-0.2, -0.15) is 5.26 Å². The third-order valence-corrected chi connectivity index (χ3v) is 3.56. The van der Waals surface area contributed by atoms with E-state index in [-0.39, 0.29) is 18.5 Å². The molecule has 2 rings (SSSR count). The van der Waals surface area contributed by atoms with E-state index in [2.05, 4.69) is 0 Å². The molecular weight excluding hydrogens is 338 g/mol. The summed E-state index contributed by atoms with van der Waals surface area (Å²) in [5, 5.41) is 8.81. The van der Waals surface area contributed by atoms with E-state index in [0.29, 0.717) is 18.0 Å². The summed E-state index contributed by atoms with van der Waals surface area (Å²) < 4.78 is 32.7. The van der Waals surface area contributed by atoms with Gasteiger partial charge in [0.15, 0.2) is 0 Å². The van der Waals surface area contributed by atoms with Crippen LogP contribution in [0.2, 0.25) is 0 Å². The predicted octanol–water partition coefficient (Wildman–Crippen LogP) is 4.32. The van der Waals surface area contributed by atoms with Crippen LogP contribution in [0.25, 0.3) is 6.08 Å². The van der Waals surface area contributed by atoms with Gasteiger partial charge in [0.2, 0.25) is 0 Å². The maximum Gasteiger partial charge on any atom is 0.251 e. The van der Waals surface area contributed by atoms with Crippen LogP contribution in [0, 0.1) is 23.0 Å². The van der Waals surface area contributed by atoms with Crippen molar-refractivity contribution >= 4 is 17.7 Å². The molecule has 0 saturated carbocycles. The van der Waals surface area contributed by atoms with Crippen LogP contribution in [-0.2, 0) is 4.79 Å². The number of carbonyl (C=O) groups is 1. The summed E-state index contributed by atoms with van der Waals surface area (Å²) in [5.41, 5.74) is 0.278. The Hall–Kier alpha value is -3.20. The Morgan fingerprint density at radius 1 is 1.19 bits per heavy atom. The zero-order valence-electron chi connectivity index (χ0n) is 14.3. The minimum atomic E-state index is -0.751. The van der Waals surface area contributed by atoms with Crippen molar-refractivity contribution in [1.82, 2.24) is 0 Å². The van der Waals surface area contributed by atoms with Crippen LogP contribution in [0.1, 0.15) is 18.9 Å². The van der Waals surface area contributed by atoms with Gasteiger partial charge in [0.1, 0.15) is 17.4 Å². The number of anilines is 1. The summed E-state index contributed by atoms with van der Waals surface area (Å²) in [5.74, 6) is -1.32. The van der Waals surface area contributed by atoms with Crippen molar-refractivity contribution in [1.29, 1.82) is 5.26 Å². The molecule has 0 heterocycles. The van der Waals surface area contributed by atoms with Crippen molar-refractivity contribution in [3.05, 3.63) is 65.7 Å². The van der Waals surface area contributed by atoms with E-state index >= 15 is 0 Å². The van der Waals surface area contributed by atoms with Crippen LogP contribution in [0.15, 0.2) is 48.5 Å². The number of nitriles is 1. The number of rotatable bonds is 7. The second-order valence-electron chi connectivity index (χ2n) is 5.29. The molecule has 0 radical (unpaired) electrons. The highest BCUT2D eigenvalue weighted by atomic mass is 19.1. The molecule has 0 atom stereocenters. The van der Waals surface area contributed by atoms with Crippen molar-refractivity contribution in [3.8, 4) is 11.8 Å². The van der Waals surface area contributed by atoms with Crippen LogP contribution in [0.3, 0.4) is 0 Å². The van der Waals surface area contributed by atoms with E-state index in [1.165, 1.54) is 11.0 Å². The summed E-state index contributed by atoms with van der Waals surface area (Å²) in [6.45, 7) is 2.55. The van der Waals surface area contributed by atoms with E-state index in [0.717, 1.165) is 24.3 Å². The summed E-state index contributed by atoms with van der Waals surface area (Å²) in [7, 11) is 0. The summed E-state index contributed by atoms with van der Waals surface area (Å²) >= 11 is 0. The van der Waals surface area contributed by atoms with E-state index in [4.69, 9.17) is 10.00 Å². The molecule has 26 heavy (non-hydrogen) atoms. The maximum absolute atomic E-state index is 13.7. The van der Waals surface area contributed by atoms with Crippen LogP contribution >= 0.6 is 0 Å². The Morgan fingerprint density at radius 2 is 1.85 bits per heavy atom. The van der Waals surface area contributed by atoms with Gasteiger partial charge in [-0.15, -0.1) is 0 Å². The molecule has 2 aromatic rings. The Balaban J connectivity index is 2.24. The quantitative estimate of drug-likeness (QED) is 0.694. The molecule has 6 heteroatoms. The second-order valence-corrected chi connectivity index (χ2v) is 5.29. The Bertz CT molecular complexity index is 806. The molecule has 0 saturated heterocycles. The lowest BCUT2D eigenvalue weighted by molar-refractivity contribution is -0.114. The van der Waals surface area contributed by atoms with Crippen molar-refractivity contribution < 1.29 is 18.3 Å². The van der Waals surface area contributed by atoms with Crippen molar-refractivity contribution in [3.63, 3.8) is 0 Å². The minimum Gasteiger partial charge on any atom is -0.494 e.